The SMILES string of the molecule is COc1cc(C(OC)C(CO)OC(CO)Cc2cc(OC)c(O)c(OC)c2)ccc1O. The molecule has 4 N–H and O–H groups in total. The Labute approximate surface area is 181 Å². The molecule has 9 nitrogen and oxygen atoms in total. The molecule has 9 heteroatoms. The van der Waals surface area contributed by atoms with Gasteiger partial charge in [0, 0.05) is 13.5 Å². The molecule has 0 spiro atoms. The van der Waals surface area contributed by atoms with Crippen LogP contribution in [0.2, 0.25) is 0 Å². The number of rotatable bonds is 12. The van der Waals surface area contributed by atoms with Gasteiger partial charge in [-0.05, 0) is 35.4 Å². The third-order valence-electron chi connectivity index (χ3n) is 4.88. The van der Waals surface area contributed by atoms with Crippen LogP contribution in [0.5, 0.6) is 28.7 Å². The van der Waals surface area contributed by atoms with E-state index in [0.29, 0.717) is 11.1 Å². The minimum absolute atomic E-state index is 0.0222. The monoisotopic (exact) mass is 438 g/mol. The molecular formula is C22H30O9. The molecule has 2 aromatic rings. The average molecular weight is 438 g/mol. The fourth-order valence-electron chi connectivity index (χ4n) is 3.32. The molecule has 0 aromatic heterocycles. The molecule has 0 fully saturated rings. The second-order valence-corrected chi connectivity index (χ2v) is 6.80. The van der Waals surface area contributed by atoms with Crippen LogP contribution in [-0.4, -0.2) is 74.3 Å². The Morgan fingerprint density at radius 2 is 1.42 bits per heavy atom. The van der Waals surface area contributed by atoms with E-state index in [0.717, 1.165) is 0 Å². The number of aliphatic hydroxyl groups is 2. The fourth-order valence-corrected chi connectivity index (χ4v) is 3.32. The van der Waals surface area contributed by atoms with Crippen LogP contribution < -0.4 is 14.2 Å². The summed E-state index contributed by atoms with van der Waals surface area (Å²) in [5.41, 5.74) is 1.32. The Kier molecular flexibility index (Phi) is 9.20. The van der Waals surface area contributed by atoms with E-state index in [4.69, 9.17) is 23.7 Å². The standard InChI is InChI=1S/C22H30O9/c1-27-17-10-14(5-6-16(17)25)22(30-4)20(12-24)31-15(11-23)7-13-8-18(28-2)21(26)19(9-13)29-3/h5-6,8-10,15,20,22-26H,7,11-12H2,1-4H3. The van der Waals surface area contributed by atoms with Gasteiger partial charge in [-0.2, -0.15) is 0 Å². The summed E-state index contributed by atoms with van der Waals surface area (Å²) in [6, 6.07) is 7.95. The second kappa shape index (κ2) is 11.6. The quantitative estimate of drug-likeness (QED) is 0.392. The number of aliphatic hydroxyl groups excluding tert-OH is 2. The minimum Gasteiger partial charge on any atom is -0.504 e. The summed E-state index contributed by atoms with van der Waals surface area (Å²) in [4.78, 5) is 0. The van der Waals surface area contributed by atoms with Crippen molar-refractivity contribution in [2.45, 2.75) is 24.7 Å². The highest BCUT2D eigenvalue weighted by atomic mass is 16.6. The molecule has 172 valence electrons. The van der Waals surface area contributed by atoms with Gasteiger partial charge in [-0.1, -0.05) is 6.07 Å². The van der Waals surface area contributed by atoms with E-state index >= 15 is 0 Å². The number of benzene rings is 2. The Morgan fingerprint density at radius 3 is 1.90 bits per heavy atom. The first kappa shape index (κ1) is 24.5. The molecule has 0 amide bonds. The highest BCUT2D eigenvalue weighted by Crippen LogP contribution is 2.38. The second-order valence-electron chi connectivity index (χ2n) is 6.80. The van der Waals surface area contributed by atoms with Crippen molar-refractivity contribution in [3.63, 3.8) is 0 Å². The van der Waals surface area contributed by atoms with Crippen molar-refractivity contribution < 1.29 is 44.1 Å². The summed E-state index contributed by atoms with van der Waals surface area (Å²) in [6.45, 7) is -0.697. The lowest BCUT2D eigenvalue weighted by molar-refractivity contribution is -0.121. The van der Waals surface area contributed by atoms with Crippen LogP contribution in [0.4, 0.5) is 0 Å². The summed E-state index contributed by atoms with van der Waals surface area (Å²) in [5, 5.41) is 39.7. The van der Waals surface area contributed by atoms with E-state index in [-0.39, 0.29) is 48.4 Å². The largest absolute Gasteiger partial charge is 0.504 e. The number of hydrogen-bond donors (Lipinski definition) is 4. The molecule has 0 saturated heterocycles. The van der Waals surface area contributed by atoms with Crippen molar-refractivity contribution in [2.75, 3.05) is 41.7 Å². The third-order valence-corrected chi connectivity index (χ3v) is 4.88. The summed E-state index contributed by atoms with van der Waals surface area (Å²) in [6.07, 6.45) is -1.92. The first-order valence-corrected chi connectivity index (χ1v) is 9.63. The zero-order valence-electron chi connectivity index (χ0n) is 18.1. The Morgan fingerprint density at radius 1 is 0.806 bits per heavy atom. The van der Waals surface area contributed by atoms with Crippen LogP contribution in [0.15, 0.2) is 30.3 Å². The summed E-state index contributed by atoms with van der Waals surface area (Å²) in [5.74, 6) is 0.583. The van der Waals surface area contributed by atoms with Crippen molar-refractivity contribution >= 4 is 0 Å². The van der Waals surface area contributed by atoms with Crippen LogP contribution in [0, 0.1) is 0 Å². The molecule has 0 heterocycles. The molecule has 31 heavy (non-hydrogen) atoms. The number of phenolic OH excluding ortho intramolecular Hbond substituents is 2. The van der Waals surface area contributed by atoms with Crippen molar-refractivity contribution in [1.82, 2.24) is 0 Å². The van der Waals surface area contributed by atoms with Gasteiger partial charge < -0.3 is 44.1 Å². The Hall–Kier alpha value is -2.72. The maximum absolute atomic E-state index is 10.1. The van der Waals surface area contributed by atoms with Gasteiger partial charge in [-0.15, -0.1) is 0 Å². The Bertz CT molecular complexity index is 815. The maximum atomic E-state index is 10.1. The number of methoxy groups -OCH3 is 4. The van der Waals surface area contributed by atoms with E-state index in [2.05, 4.69) is 0 Å². The smallest absolute Gasteiger partial charge is 0.200 e. The topological polar surface area (TPSA) is 127 Å². The highest BCUT2D eigenvalue weighted by molar-refractivity contribution is 5.52. The molecule has 0 aliphatic heterocycles. The van der Waals surface area contributed by atoms with Crippen LogP contribution in [0.25, 0.3) is 0 Å². The molecule has 3 unspecified atom stereocenters. The van der Waals surface area contributed by atoms with E-state index in [1.54, 1.807) is 24.3 Å². The molecule has 3 atom stereocenters. The number of phenols is 2. The van der Waals surface area contributed by atoms with Crippen molar-refractivity contribution in [1.29, 1.82) is 0 Å². The van der Waals surface area contributed by atoms with E-state index < -0.39 is 18.3 Å². The number of hydrogen-bond acceptors (Lipinski definition) is 9. The maximum Gasteiger partial charge on any atom is 0.200 e. The highest BCUT2D eigenvalue weighted by Gasteiger charge is 2.28. The summed E-state index contributed by atoms with van der Waals surface area (Å²) in [7, 11) is 5.76. The van der Waals surface area contributed by atoms with E-state index in [9.17, 15) is 20.4 Å². The molecule has 2 rings (SSSR count). The molecule has 0 aliphatic carbocycles. The van der Waals surface area contributed by atoms with Gasteiger partial charge in [0.2, 0.25) is 5.75 Å². The predicted octanol–water partition coefficient (Wildman–Crippen LogP) is 1.79. The first-order valence-electron chi connectivity index (χ1n) is 9.63. The summed E-state index contributed by atoms with van der Waals surface area (Å²) < 4.78 is 27.0. The molecular weight excluding hydrogens is 408 g/mol. The van der Waals surface area contributed by atoms with Gasteiger partial charge in [0.1, 0.15) is 12.2 Å². The number of aromatic hydroxyl groups is 2. The number of ether oxygens (including phenoxy) is 5. The molecule has 0 aliphatic rings. The van der Waals surface area contributed by atoms with Gasteiger partial charge in [0.15, 0.2) is 23.0 Å². The van der Waals surface area contributed by atoms with Crippen LogP contribution in [0.3, 0.4) is 0 Å². The van der Waals surface area contributed by atoms with Gasteiger partial charge in [0.25, 0.3) is 0 Å². The average Bonchev–Trinajstić information content (AvgIpc) is 2.79. The van der Waals surface area contributed by atoms with Crippen LogP contribution in [-0.2, 0) is 15.9 Å². The van der Waals surface area contributed by atoms with Crippen LogP contribution in [0.1, 0.15) is 17.2 Å². The fraction of sp³-hybridized carbons (Fsp3) is 0.455. The lowest BCUT2D eigenvalue weighted by Crippen LogP contribution is -2.34. The van der Waals surface area contributed by atoms with Gasteiger partial charge in [-0.3, -0.25) is 0 Å². The van der Waals surface area contributed by atoms with Crippen molar-refractivity contribution in [2.24, 2.45) is 0 Å². The van der Waals surface area contributed by atoms with Gasteiger partial charge in [-0.25, -0.2) is 0 Å². The summed E-state index contributed by atoms with van der Waals surface area (Å²) >= 11 is 0. The lowest BCUT2D eigenvalue weighted by Gasteiger charge is -2.29. The van der Waals surface area contributed by atoms with Gasteiger partial charge >= 0.3 is 0 Å². The van der Waals surface area contributed by atoms with Crippen LogP contribution >= 0.6 is 0 Å². The zero-order chi connectivity index (χ0) is 23.0. The minimum atomic E-state index is -0.808. The lowest BCUT2D eigenvalue weighted by atomic mass is 10.0. The molecule has 2 aromatic carbocycles. The third kappa shape index (κ3) is 5.92. The first-order chi connectivity index (χ1) is 14.9. The zero-order valence-corrected chi connectivity index (χ0v) is 18.1. The molecule has 0 radical (unpaired) electrons. The molecule has 0 saturated carbocycles. The van der Waals surface area contributed by atoms with E-state index in [1.807, 2.05) is 0 Å². The van der Waals surface area contributed by atoms with Gasteiger partial charge in [0.05, 0.1) is 40.6 Å². The van der Waals surface area contributed by atoms with E-state index in [1.165, 1.54) is 34.5 Å². The van der Waals surface area contributed by atoms with Crippen molar-refractivity contribution in [3.05, 3.63) is 41.5 Å². The molecule has 0 bridgehead atoms. The van der Waals surface area contributed by atoms with Crippen molar-refractivity contribution in [3.8, 4) is 28.7 Å². The predicted molar refractivity (Wildman–Crippen MR) is 112 cm³/mol. The Balaban J connectivity index is 2.24. The normalized spacial score (nSPS) is 14.0.